The Kier molecular flexibility index (Phi) is 2.08. The van der Waals surface area contributed by atoms with Gasteiger partial charge in [0.2, 0.25) is 0 Å². The number of hydrogen-bond donors (Lipinski definition) is 3. The lowest BCUT2D eigenvalue weighted by Gasteiger charge is -2.21. The monoisotopic (exact) mass is 189 g/mol. The van der Waals surface area contributed by atoms with E-state index in [1.54, 1.807) is 6.08 Å². The average Bonchev–Trinajstić information content (AvgIpc) is 2.18. The van der Waals surface area contributed by atoms with Crippen molar-refractivity contribution in [1.82, 2.24) is 10.7 Å². The molecule has 5 N–H and O–H groups in total. The maximum atomic E-state index is 5.56. The van der Waals surface area contributed by atoms with E-state index in [2.05, 4.69) is 10.5 Å². The molecule has 5 nitrogen and oxygen atoms in total. The number of amidine groups is 1. The zero-order chi connectivity index (χ0) is 9.97. The van der Waals surface area contributed by atoms with E-state index < -0.39 is 0 Å². The standard InChI is InChI=1S/C9H11N5/c10-9-6-8(12-14(11)13-9)7-4-2-1-3-5-7/h1-6,12H,11H2,(H2,10,13). The average molecular weight is 189 g/mol. The molecule has 2 rings (SSSR count). The first-order chi connectivity index (χ1) is 6.75. The predicted molar refractivity (Wildman–Crippen MR) is 55.2 cm³/mol. The van der Waals surface area contributed by atoms with Gasteiger partial charge in [0, 0.05) is 6.08 Å². The number of hydrazine groups is 2. The van der Waals surface area contributed by atoms with Gasteiger partial charge < -0.3 is 5.73 Å². The molecule has 0 unspecified atom stereocenters. The van der Waals surface area contributed by atoms with Crippen molar-refractivity contribution in [3.05, 3.63) is 42.0 Å². The zero-order valence-electron chi connectivity index (χ0n) is 7.51. The molecular formula is C9H11N5. The minimum atomic E-state index is 0.380. The fraction of sp³-hybridized carbons (Fsp3) is 0. The van der Waals surface area contributed by atoms with E-state index >= 15 is 0 Å². The molecular weight excluding hydrogens is 178 g/mol. The van der Waals surface area contributed by atoms with Crippen molar-refractivity contribution in [2.45, 2.75) is 0 Å². The normalized spacial score (nSPS) is 15.6. The Morgan fingerprint density at radius 2 is 1.93 bits per heavy atom. The van der Waals surface area contributed by atoms with E-state index in [9.17, 15) is 0 Å². The van der Waals surface area contributed by atoms with Gasteiger partial charge in [-0.3, -0.25) is 5.43 Å². The smallest absolute Gasteiger partial charge is 0.149 e. The van der Waals surface area contributed by atoms with E-state index in [4.69, 9.17) is 11.6 Å². The molecule has 0 aliphatic carbocycles. The lowest BCUT2D eigenvalue weighted by atomic mass is 10.1. The van der Waals surface area contributed by atoms with Gasteiger partial charge in [-0.2, -0.15) is 0 Å². The summed E-state index contributed by atoms with van der Waals surface area (Å²) in [5, 5.41) is 4.87. The third-order valence-electron chi connectivity index (χ3n) is 1.84. The van der Waals surface area contributed by atoms with Crippen LogP contribution in [0, 0.1) is 0 Å². The molecule has 0 bridgehead atoms. The van der Waals surface area contributed by atoms with Crippen LogP contribution < -0.4 is 17.0 Å². The number of rotatable bonds is 1. The quantitative estimate of drug-likeness (QED) is 0.543. The zero-order valence-corrected chi connectivity index (χ0v) is 7.51. The highest BCUT2D eigenvalue weighted by Gasteiger charge is 2.08. The summed E-state index contributed by atoms with van der Waals surface area (Å²) in [6.45, 7) is 0. The molecule has 0 saturated carbocycles. The molecule has 0 fully saturated rings. The van der Waals surface area contributed by atoms with Gasteiger partial charge in [0.15, 0.2) is 0 Å². The summed E-state index contributed by atoms with van der Waals surface area (Å²) in [7, 11) is 0. The summed E-state index contributed by atoms with van der Waals surface area (Å²) in [5.41, 5.74) is 10.3. The van der Waals surface area contributed by atoms with Crippen molar-refractivity contribution >= 4 is 11.5 Å². The maximum Gasteiger partial charge on any atom is 0.149 e. The summed E-state index contributed by atoms with van der Waals surface area (Å²) < 4.78 is 0. The third-order valence-corrected chi connectivity index (χ3v) is 1.84. The fourth-order valence-corrected chi connectivity index (χ4v) is 1.25. The third kappa shape index (κ3) is 1.67. The fourth-order valence-electron chi connectivity index (χ4n) is 1.25. The molecule has 1 aliphatic heterocycles. The van der Waals surface area contributed by atoms with Crippen LogP contribution in [0.15, 0.2) is 41.5 Å². The molecule has 14 heavy (non-hydrogen) atoms. The molecule has 1 aromatic carbocycles. The second-order valence-electron chi connectivity index (χ2n) is 2.91. The van der Waals surface area contributed by atoms with Crippen molar-refractivity contribution < 1.29 is 0 Å². The maximum absolute atomic E-state index is 5.56. The SMILES string of the molecule is NC1=NN(N)NC(c2ccccc2)=C1. The van der Waals surface area contributed by atoms with Crippen LogP contribution in [0.3, 0.4) is 0 Å². The molecule has 0 saturated heterocycles. The van der Waals surface area contributed by atoms with E-state index in [0.717, 1.165) is 16.5 Å². The molecule has 5 heteroatoms. The molecule has 0 amide bonds. The van der Waals surface area contributed by atoms with E-state index in [-0.39, 0.29) is 0 Å². The largest absolute Gasteiger partial charge is 0.382 e. The summed E-state index contributed by atoms with van der Waals surface area (Å²) in [4.78, 5) is 0. The van der Waals surface area contributed by atoms with Gasteiger partial charge in [-0.25, -0.2) is 5.84 Å². The number of nitrogens with two attached hydrogens (primary N) is 2. The summed E-state index contributed by atoms with van der Waals surface area (Å²) in [5.74, 6) is 5.85. The Morgan fingerprint density at radius 3 is 2.57 bits per heavy atom. The molecule has 1 aliphatic rings. The topological polar surface area (TPSA) is 79.7 Å². The highest BCUT2D eigenvalue weighted by molar-refractivity contribution is 5.98. The highest BCUT2D eigenvalue weighted by atomic mass is 15.8. The Balaban J connectivity index is 2.33. The first kappa shape index (κ1) is 8.58. The molecule has 1 heterocycles. The first-order valence-electron chi connectivity index (χ1n) is 4.18. The van der Waals surface area contributed by atoms with Crippen LogP contribution in [-0.2, 0) is 0 Å². The number of hydrogen-bond acceptors (Lipinski definition) is 5. The van der Waals surface area contributed by atoms with Gasteiger partial charge in [-0.15, -0.1) is 10.3 Å². The lowest BCUT2D eigenvalue weighted by Crippen LogP contribution is -2.42. The summed E-state index contributed by atoms with van der Waals surface area (Å²) in [6, 6.07) is 9.77. The van der Waals surface area contributed by atoms with Gasteiger partial charge in [0.05, 0.1) is 5.70 Å². The molecule has 0 spiro atoms. The van der Waals surface area contributed by atoms with Crippen LogP contribution in [-0.4, -0.2) is 11.1 Å². The Bertz CT molecular complexity index is 381. The molecule has 1 aromatic rings. The molecule has 0 radical (unpaired) electrons. The second kappa shape index (κ2) is 3.39. The first-order valence-corrected chi connectivity index (χ1v) is 4.18. The summed E-state index contributed by atoms with van der Waals surface area (Å²) >= 11 is 0. The lowest BCUT2D eigenvalue weighted by molar-refractivity contribution is 0.245. The van der Waals surface area contributed by atoms with E-state index in [1.165, 1.54) is 0 Å². The number of benzene rings is 1. The van der Waals surface area contributed by atoms with Crippen molar-refractivity contribution in [1.29, 1.82) is 0 Å². The minimum absolute atomic E-state index is 0.380. The predicted octanol–water partition coefficient (Wildman–Crippen LogP) is -0.00640. The number of nitrogens with zero attached hydrogens (tertiary/aromatic N) is 2. The van der Waals surface area contributed by atoms with Crippen LogP contribution in [0.1, 0.15) is 5.56 Å². The van der Waals surface area contributed by atoms with Crippen LogP contribution >= 0.6 is 0 Å². The van der Waals surface area contributed by atoms with Crippen molar-refractivity contribution in [3.8, 4) is 0 Å². The summed E-state index contributed by atoms with van der Waals surface area (Å²) in [6.07, 6.45) is 1.73. The Morgan fingerprint density at radius 1 is 1.21 bits per heavy atom. The number of nitrogens with one attached hydrogen (secondary N) is 1. The van der Waals surface area contributed by atoms with Crippen molar-refractivity contribution in [3.63, 3.8) is 0 Å². The molecule has 0 atom stereocenters. The molecule has 0 aromatic heterocycles. The van der Waals surface area contributed by atoms with Gasteiger partial charge in [0.1, 0.15) is 5.84 Å². The van der Waals surface area contributed by atoms with Gasteiger partial charge in [-0.1, -0.05) is 30.3 Å². The minimum Gasteiger partial charge on any atom is -0.382 e. The Hall–Kier alpha value is -2.01. The highest BCUT2D eigenvalue weighted by Crippen LogP contribution is 2.12. The van der Waals surface area contributed by atoms with Gasteiger partial charge in [0.25, 0.3) is 0 Å². The van der Waals surface area contributed by atoms with E-state index in [1.807, 2.05) is 30.3 Å². The van der Waals surface area contributed by atoms with Gasteiger partial charge in [-0.05, 0) is 5.56 Å². The van der Waals surface area contributed by atoms with Crippen molar-refractivity contribution in [2.75, 3.05) is 0 Å². The van der Waals surface area contributed by atoms with Crippen LogP contribution in [0.25, 0.3) is 5.70 Å². The van der Waals surface area contributed by atoms with Crippen LogP contribution in [0.4, 0.5) is 0 Å². The molecule has 72 valence electrons. The number of hydrazone groups is 1. The van der Waals surface area contributed by atoms with Gasteiger partial charge >= 0.3 is 0 Å². The van der Waals surface area contributed by atoms with Crippen LogP contribution in [0.2, 0.25) is 0 Å². The van der Waals surface area contributed by atoms with E-state index in [0.29, 0.717) is 5.84 Å². The van der Waals surface area contributed by atoms with Crippen LogP contribution in [0.5, 0.6) is 0 Å². The Labute approximate surface area is 81.6 Å². The second-order valence-corrected chi connectivity index (χ2v) is 2.91. The van der Waals surface area contributed by atoms with Crippen molar-refractivity contribution in [2.24, 2.45) is 16.7 Å².